The first-order valence-electron chi connectivity index (χ1n) is 14.4. The molecule has 9 rings (SSSR count). The number of furan rings is 1. The first-order chi connectivity index (χ1) is 21.3. The van der Waals surface area contributed by atoms with E-state index in [0.717, 1.165) is 54.8 Å². The maximum Gasteiger partial charge on any atom is 0.167 e. The van der Waals surface area contributed by atoms with Crippen LogP contribution in [0.3, 0.4) is 0 Å². The summed E-state index contributed by atoms with van der Waals surface area (Å²) < 4.78 is 6.42. The summed E-state index contributed by atoms with van der Waals surface area (Å²) >= 11 is 0. The van der Waals surface area contributed by atoms with Crippen LogP contribution in [0.15, 0.2) is 144 Å². The van der Waals surface area contributed by atoms with Gasteiger partial charge in [0.05, 0.1) is 5.56 Å². The molecule has 2 heterocycles. The van der Waals surface area contributed by atoms with Crippen molar-refractivity contribution in [1.82, 2.24) is 15.0 Å². The van der Waals surface area contributed by atoms with E-state index in [0.29, 0.717) is 17.5 Å². The standard InChI is InChI=1S/C39H23N3O/c1-2-12-25(13-3-1)37-40-38(32-19-10-18-31-29-17-8-9-20-34(29)43-36(31)32)42-39(41-37)35-28-16-7-5-14-26(28)23-33-27-15-6-4-11-24(27)21-22-30(33)35/h1-23H. The van der Waals surface area contributed by atoms with Gasteiger partial charge in [0.2, 0.25) is 0 Å². The molecule has 0 saturated heterocycles. The number of rotatable bonds is 3. The molecule has 200 valence electrons. The first kappa shape index (κ1) is 23.8. The predicted octanol–water partition coefficient (Wildman–Crippen LogP) is 10.2. The lowest BCUT2D eigenvalue weighted by Crippen LogP contribution is -2.01. The van der Waals surface area contributed by atoms with Gasteiger partial charge in [0.1, 0.15) is 11.2 Å². The first-order valence-corrected chi connectivity index (χ1v) is 14.4. The number of fused-ring (bicyclic) bond motifs is 7. The maximum absolute atomic E-state index is 6.42. The summed E-state index contributed by atoms with van der Waals surface area (Å²) in [5.74, 6) is 1.83. The van der Waals surface area contributed by atoms with Crippen molar-refractivity contribution in [3.8, 4) is 34.2 Å². The van der Waals surface area contributed by atoms with E-state index in [1.54, 1.807) is 0 Å². The molecule has 2 aromatic heterocycles. The van der Waals surface area contributed by atoms with Gasteiger partial charge in [-0.15, -0.1) is 0 Å². The number of hydrogen-bond donors (Lipinski definition) is 0. The number of benzene rings is 7. The van der Waals surface area contributed by atoms with Crippen LogP contribution in [-0.4, -0.2) is 15.0 Å². The third kappa shape index (κ3) is 3.74. The normalized spacial score (nSPS) is 11.7. The van der Waals surface area contributed by atoms with Gasteiger partial charge in [-0.3, -0.25) is 0 Å². The average molecular weight is 550 g/mol. The van der Waals surface area contributed by atoms with Gasteiger partial charge >= 0.3 is 0 Å². The summed E-state index contributed by atoms with van der Waals surface area (Å²) in [6.07, 6.45) is 0. The fourth-order valence-electron chi connectivity index (χ4n) is 6.31. The summed E-state index contributed by atoms with van der Waals surface area (Å²) in [6.45, 7) is 0. The Bertz CT molecular complexity index is 2510. The van der Waals surface area contributed by atoms with Gasteiger partial charge in [-0.2, -0.15) is 0 Å². The largest absolute Gasteiger partial charge is 0.455 e. The van der Waals surface area contributed by atoms with E-state index < -0.39 is 0 Å². The molecular weight excluding hydrogens is 526 g/mol. The Labute approximate surface area is 246 Å². The molecule has 4 nitrogen and oxygen atoms in total. The number of hydrogen-bond acceptors (Lipinski definition) is 4. The molecule has 0 atom stereocenters. The average Bonchev–Trinajstić information content (AvgIpc) is 3.46. The van der Waals surface area contributed by atoms with Crippen LogP contribution >= 0.6 is 0 Å². The number of para-hydroxylation sites is 2. The Kier molecular flexibility index (Phi) is 5.16. The Hall–Kier alpha value is -5.87. The molecule has 0 radical (unpaired) electrons. The highest BCUT2D eigenvalue weighted by molar-refractivity contribution is 6.19. The molecule has 0 aliphatic heterocycles. The summed E-state index contributed by atoms with van der Waals surface area (Å²) in [6, 6.07) is 48.1. The lowest BCUT2D eigenvalue weighted by molar-refractivity contribution is 0.669. The van der Waals surface area contributed by atoms with Crippen LogP contribution in [0, 0.1) is 0 Å². The van der Waals surface area contributed by atoms with Crippen molar-refractivity contribution < 1.29 is 4.42 Å². The lowest BCUT2D eigenvalue weighted by atomic mass is 9.93. The molecular formula is C39H23N3O. The minimum absolute atomic E-state index is 0.579. The van der Waals surface area contributed by atoms with E-state index in [9.17, 15) is 0 Å². The maximum atomic E-state index is 6.42. The lowest BCUT2D eigenvalue weighted by Gasteiger charge is -2.14. The van der Waals surface area contributed by atoms with Gasteiger partial charge < -0.3 is 4.42 Å². The minimum atomic E-state index is 0.579. The molecule has 0 aliphatic rings. The fraction of sp³-hybridized carbons (Fsp3) is 0. The Morgan fingerprint density at radius 1 is 0.395 bits per heavy atom. The molecule has 7 aromatic carbocycles. The molecule has 9 aromatic rings. The zero-order valence-corrected chi connectivity index (χ0v) is 23.0. The van der Waals surface area contributed by atoms with Gasteiger partial charge in [0.25, 0.3) is 0 Å². The van der Waals surface area contributed by atoms with Crippen LogP contribution in [0.1, 0.15) is 0 Å². The summed E-state index contributed by atoms with van der Waals surface area (Å²) in [7, 11) is 0. The van der Waals surface area contributed by atoms with E-state index in [1.165, 1.54) is 16.2 Å². The smallest absolute Gasteiger partial charge is 0.167 e. The van der Waals surface area contributed by atoms with E-state index in [1.807, 2.05) is 60.7 Å². The molecule has 0 amide bonds. The van der Waals surface area contributed by atoms with Gasteiger partial charge in [0.15, 0.2) is 17.5 Å². The summed E-state index contributed by atoms with van der Waals surface area (Å²) in [5.41, 5.74) is 4.38. The SMILES string of the molecule is c1ccc(-c2nc(-c3c4ccccc4cc4c3ccc3ccccc34)nc(-c3cccc4c3oc3ccccc34)n2)cc1. The van der Waals surface area contributed by atoms with Crippen LogP contribution in [0.2, 0.25) is 0 Å². The molecule has 0 saturated carbocycles. The topological polar surface area (TPSA) is 51.8 Å². The second kappa shape index (κ2) is 9.33. The Balaban J connectivity index is 1.40. The van der Waals surface area contributed by atoms with Crippen molar-refractivity contribution in [3.05, 3.63) is 140 Å². The van der Waals surface area contributed by atoms with Gasteiger partial charge in [-0.25, -0.2) is 15.0 Å². The summed E-state index contributed by atoms with van der Waals surface area (Å²) in [5, 5.41) is 9.05. The predicted molar refractivity (Wildman–Crippen MR) is 176 cm³/mol. The third-order valence-corrected chi connectivity index (χ3v) is 8.31. The number of nitrogens with zero attached hydrogens (tertiary/aromatic N) is 3. The van der Waals surface area contributed by atoms with Crippen molar-refractivity contribution in [2.45, 2.75) is 0 Å². The van der Waals surface area contributed by atoms with Crippen LogP contribution in [0.4, 0.5) is 0 Å². The second-order valence-electron chi connectivity index (χ2n) is 10.8. The van der Waals surface area contributed by atoms with Crippen molar-refractivity contribution in [2.24, 2.45) is 0 Å². The molecule has 4 heteroatoms. The van der Waals surface area contributed by atoms with Crippen LogP contribution in [0.25, 0.3) is 88.4 Å². The van der Waals surface area contributed by atoms with Crippen molar-refractivity contribution in [3.63, 3.8) is 0 Å². The van der Waals surface area contributed by atoms with E-state index in [-0.39, 0.29) is 0 Å². The van der Waals surface area contributed by atoms with E-state index in [4.69, 9.17) is 19.4 Å². The molecule has 0 aliphatic carbocycles. The van der Waals surface area contributed by atoms with Crippen LogP contribution in [0.5, 0.6) is 0 Å². The van der Waals surface area contributed by atoms with E-state index >= 15 is 0 Å². The van der Waals surface area contributed by atoms with Gasteiger partial charge in [-0.05, 0) is 50.5 Å². The Morgan fingerprint density at radius 2 is 1.07 bits per heavy atom. The van der Waals surface area contributed by atoms with Crippen LogP contribution in [-0.2, 0) is 0 Å². The highest BCUT2D eigenvalue weighted by Gasteiger charge is 2.20. The monoisotopic (exact) mass is 549 g/mol. The molecule has 0 spiro atoms. The van der Waals surface area contributed by atoms with Crippen molar-refractivity contribution in [1.29, 1.82) is 0 Å². The quantitative estimate of drug-likeness (QED) is 0.162. The molecule has 43 heavy (non-hydrogen) atoms. The second-order valence-corrected chi connectivity index (χ2v) is 10.8. The molecule has 0 fully saturated rings. The molecule has 0 N–H and O–H groups in total. The number of aromatic nitrogens is 3. The molecule has 0 unspecified atom stereocenters. The Morgan fingerprint density at radius 3 is 1.95 bits per heavy atom. The molecule has 0 bridgehead atoms. The third-order valence-electron chi connectivity index (χ3n) is 8.31. The fourth-order valence-corrected chi connectivity index (χ4v) is 6.31. The van der Waals surface area contributed by atoms with Crippen molar-refractivity contribution >= 4 is 54.3 Å². The van der Waals surface area contributed by atoms with Crippen LogP contribution < -0.4 is 0 Å². The van der Waals surface area contributed by atoms with E-state index in [2.05, 4.69) is 78.9 Å². The van der Waals surface area contributed by atoms with Crippen molar-refractivity contribution in [2.75, 3.05) is 0 Å². The van der Waals surface area contributed by atoms with Gasteiger partial charge in [-0.1, -0.05) is 121 Å². The minimum Gasteiger partial charge on any atom is -0.455 e. The highest BCUT2D eigenvalue weighted by Crippen LogP contribution is 2.40. The summed E-state index contributed by atoms with van der Waals surface area (Å²) in [4.78, 5) is 15.4. The van der Waals surface area contributed by atoms with Gasteiger partial charge in [0, 0.05) is 21.9 Å². The zero-order valence-electron chi connectivity index (χ0n) is 23.0. The zero-order chi connectivity index (χ0) is 28.3. The highest BCUT2D eigenvalue weighted by atomic mass is 16.3.